The van der Waals surface area contributed by atoms with E-state index in [9.17, 15) is 14.0 Å². The molecule has 2 amide bonds. The van der Waals surface area contributed by atoms with Crippen molar-refractivity contribution in [3.05, 3.63) is 137 Å². The maximum absolute atomic E-state index is 13.9. The summed E-state index contributed by atoms with van der Waals surface area (Å²) in [5, 5.41) is 5.59. The number of carbonyl (C=O) groups excluding carboxylic acids is 2. The molecule has 4 aromatic rings. The van der Waals surface area contributed by atoms with Crippen molar-refractivity contribution < 1.29 is 14.0 Å². The van der Waals surface area contributed by atoms with E-state index < -0.39 is 5.91 Å². The topological polar surface area (TPSA) is 58.2 Å². The van der Waals surface area contributed by atoms with Crippen LogP contribution in [-0.4, -0.2) is 11.8 Å². The molecular formula is C29H23FN2O2S. The van der Waals surface area contributed by atoms with Gasteiger partial charge in [-0.05, 0) is 53.6 Å². The second-order valence-corrected chi connectivity index (χ2v) is 8.70. The monoisotopic (exact) mass is 482 g/mol. The van der Waals surface area contributed by atoms with E-state index in [0.717, 1.165) is 10.5 Å². The van der Waals surface area contributed by atoms with Crippen molar-refractivity contribution in [1.29, 1.82) is 0 Å². The fourth-order valence-corrected chi connectivity index (χ4v) is 4.24. The van der Waals surface area contributed by atoms with Crippen LogP contribution in [0.2, 0.25) is 0 Å². The molecule has 0 heterocycles. The van der Waals surface area contributed by atoms with Crippen molar-refractivity contribution >= 4 is 35.3 Å². The minimum absolute atomic E-state index is 0.120. The van der Waals surface area contributed by atoms with Gasteiger partial charge in [-0.25, -0.2) is 4.39 Å². The van der Waals surface area contributed by atoms with E-state index in [4.69, 9.17) is 0 Å². The maximum atomic E-state index is 13.9. The molecule has 0 saturated heterocycles. The van der Waals surface area contributed by atoms with Crippen LogP contribution >= 0.6 is 11.8 Å². The third-order valence-corrected chi connectivity index (χ3v) is 6.13. The van der Waals surface area contributed by atoms with Crippen molar-refractivity contribution in [1.82, 2.24) is 5.32 Å². The Bertz CT molecular complexity index is 1340. The molecular weight excluding hydrogens is 459 g/mol. The second-order valence-electron chi connectivity index (χ2n) is 7.65. The van der Waals surface area contributed by atoms with Gasteiger partial charge < -0.3 is 10.6 Å². The molecule has 0 atom stereocenters. The number of halogens is 1. The van der Waals surface area contributed by atoms with E-state index in [-0.39, 0.29) is 17.4 Å². The van der Waals surface area contributed by atoms with Crippen LogP contribution in [0.3, 0.4) is 0 Å². The summed E-state index contributed by atoms with van der Waals surface area (Å²) in [6.45, 7) is 0. The molecule has 2 N–H and O–H groups in total. The quantitative estimate of drug-likeness (QED) is 0.222. The highest BCUT2D eigenvalue weighted by atomic mass is 32.2. The van der Waals surface area contributed by atoms with Gasteiger partial charge in [-0.1, -0.05) is 72.8 Å². The first-order chi connectivity index (χ1) is 17.1. The summed E-state index contributed by atoms with van der Waals surface area (Å²) in [7, 11) is 0. The first-order valence-electron chi connectivity index (χ1n) is 11.0. The average molecular weight is 483 g/mol. The lowest BCUT2D eigenvalue weighted by atomic mass is 10.1. The lowest BCUT2D eigenvalue weighted by Crippen LogP contribution is -2.30. The first kappa shape index (κ1) is 24.0. The Balaban J connectivity index is 1.50. The van der Waals surface area contributed by atoms with Crippen LogP contribution in [0.15, 0.2) is 120 Å². The average Bonchev–Trinajstić information content (AvgIpc) is 2.89. The Hall–Kier alpha value is -4.16. The highest BCUT2D eigenvalue weighted by Gasteiger charge is 2.15. The van der Waals surface area contributed by atoms with Gasteiger partial charge in [0.25, 0.3) is 11.8 Å². The largest absolute Gasteiger partial charge is 0.321 e. The molecule has 0 bridgehead atoms. The lowest BCUT2D eigenvalue weighted by Gasteiger charge is -2.12. The molecule has 0 aromatic heterocycles. The van der Waals surface area contributed by atoms with Crippen molar-refractivity contribution in [2.75, 3.05) is 5.32 Å². The Morgan fingerprint density at radius 2 is 1.49 bits per heavy atom. The van der Waals surface area contributed by atoms with E-state index in [1.165, 1.54) is 17.8 Å². The van der Waals surface area contributed by atoms with Crippen LogP contribution in [0.5, 0.6) is 0 Å². The van der Waals surface area contributed by atoms with Gasteiger partial charge in [-0.3, -0.25) is 9.59 Å². The van der Waals surface area contributed by atoms with Crippen molar-refractivity contribution in [3.63, 3.8) is 0 Å². The van der Waals surface area contributed by atoms with Crippen LogP contribution in [0.25, 0.3) is 6.08 Å². The molecule has 0 aliphatic rings. The summed E-state index contributed by atoms with van der Waals surface area (Å²) in [5.41, 5.74) is 2.53. The fraction of sp³-hybridized carbons (Fsp3) is 0.0345. The number of hydrogen-bond donors (Lipinski definition) is 2. The van der Waals surface area contributed by atoms with Crippen LogP contribution in [-0.2, 0) is 10.5 Å². The van der Waals surface area contributed by atoms with Crippen LogP contribution in [0.4, 0.5) is 10.1 Å². The Kier molecular flexibility index (Phi) is 8.09. The summed E-state index contributed by atoms with van der Waals surface area (Å²) in [6.07, 6.45) is 1.63. The lowest BCUT2D eigenvalue weighted by molar-refractivity contribution is -0.113. The standard InChI is InChI=1S/C29H23FN2O2S/c30-26-17-8-7-14-23(26)20-35-25-16-9-15-24(19-25)31-29(34)27(18-21-10-3-1-4-11-21)32-28(33)22-12-5-2-6-13-22/h1-19H,20H2,(H,31,34)(H,32,33)/b27-18+. The molecule has 6 heteroatoms. The highest BCUT2D eigenvalue weighted by molar-refractivity contribution is 7.98. The van der Waals surface area contributed by atoms with Crippen LogP contribution < -0.4 is 10.6 Å². The van der Waals surface area contributed by atoms with Crippen molar-refractivity contribution in [3.8, 4) is 0 Å². The second kappa shape index (κ2) is 11.8. The summed E-state index contributed by atoms with van der Waals surface area (Å²) >= 11 is 1.47. The third-order valence-electron chi connectivity index (χ3n) is 5.08. The number of anilines is 1. The van der Waals surface area contributed by atoms with E-state index in [2.05, 4.69) is 10.6 Å². The zero-order chi connectivity index (χ0) is 24.5. The Labute approximate surface area is 207 Å². The van der Waals surface area contributed by atoms with Gasteiger partial charge in [0.1, 0.15) is 11.5 Å². The van der Waals surface area contributed by atoms with Crippen molar-refractivity contribution in [2.45, 2.75) is 10.6 Å². The number of thioether (sulfide) groups is 1. The molecule has 0 aliphatic carbocycles. The number of amides is 2. The molecule has 0 unspecified atom stereocenters. The summed E-state index contributed by atoms with van der Waals surface area (Å²) < 4.78 is 13.9. The Morgan fingerprint density at radius 3 is 2.23 bits per heavy atom. The number of hydrogen-bond acceptors (Lipinski definition) is 3. The number of rotatable bonds is 8. The van der Waals surface area contributed by atoms with Gasteiger partial charge in [0.2, 0.25) is 0 Å². The normalized spacial score (nSPS) is 11.1. The first-order valence-corrected chi connectivity index (χ1v) is 12.0. The minimum Gasteiger partial charge on any atom is -0.321 e. The van der Waals surface area contributed by atoms with E-state index in [0.29, 0.717) is 22.6 Å². The van der Waals surface area contributed by atoms with Gasteiger partial charge in [-0.15, -0.1) is 11.8 Å². The fourth-order valence-electron chi connectivity index (χ4n) is 3.30. The van der Waals surface area contributed by atoms with Gasteiger partial charge >= 0.3 is 0 Å². The molecule has 35 heavy (non-hydrogen) atoms. The van der Waals surface area contributed by atoms with Gasteiger partial charge in [0.05, 0.1) is 0 Å². The molecule has 0 saturated carbocycles. The molecule has 4 aromatic carbocycles. The molecule has 0 fully saturated rings. The highest BCUT2D eigenvalue weighted by Crippen LogP contribution is 2.26. The van der Waals surface area contributed by atoms with Crippen LogP contribution in [0.1, 0.15) is 21.5 Å². The SMILES string of the molecule is O=C(Nc1cccc(SCc2ccccc2F)c1)/C(=C\c1ccccc1)NC(=O)c1ccccc1. The Morgan fingerprint density at radius 1 is 0.800 bits per heavy atom. The molecule has 174 valence electrons. The third kappa shape index (κ3) is 6.91. The molecule has 4 rings (SSSR count). The summed E-state index contributed by atoms with van der Waals surface area (Å²) in [6, 6.07) is 32.0. The smallest absolute Gasteiger partial charge is 0.272 e. The summed E-state index contributed by atoms with van der Waals surface area (Å²) in [4.78, 5) is 26.8. The van der Waals surface area contributed by atoms with Gasteiger partial charge in [-0.2, -0.15) is 0 Å². The van der Waals surface area contributed by atoms with E-state index >= 15 is 0 Å². The molecule has 0 radical (unpaired) electrons. The minimum atomic E-state index is -0.450. The molecule has 0 aliphatic heterocycles. The number of benzene rings is 4. The van der Waals surface area contributed by atoms with E-state index in [1.807, 2.05) is 54.6 Å². The van der Waals surface area contributed by atoms with Crippen molar-refractivity contribution in [2.24, 2.45) is 0 Å². The summed E-state index contributed by atoms with van der Waals surface area (Å²) in [5.74, 6) is -0.600. The predicted molar refractivity (Wildman–Crippen MR) is 139 cm³/mol. The number of carbonyl (C=O) groups is 2. The van der Waals surface area contributed by atoms with E-state index in [1.54, 1.807) is 54.6 Å². The number of nitrogens with one attached hydrogen (secondary N) is 2. The molecule has 0 spiro atoms. The zero-order valence-corrected chi connectivity index (χ0v) is 19.6. The van der Waals surface area contributed by atoms with Gasteiger partial charge in [0.15, 0.2) is 0 Å². The maximum Gasteiger partial charge on any atom is 0.272 e. The zero-order valence-electron chi connectivity index (χ0n) is 18.8. The van der Waals surface area contributed by atoms with Gasteiger partial charge in [0, 0.05) is 21.9 Å². The van der Waals surface area contributed by atoms with Crippen LogP contribution in [0, 0.1) is 5.82 Å². The molecule has 4 nitrogen and oxygen atoms in total. The predicted octanol–water partition coefficient (Wildman–Crippen LogP) is 6.53.